The van der Waals surface area contributed by atoms with Gasteiger partial charge in [-0.3, -0.25) is 4.98 Å². The van der Waals surface area contributed by atoms with E-state index in [2.05, 4.69) is 57.4 Å². The van der Waals surface area contributed by atoms with E-state index < -0.39 is 0 Å². The van der Waals surface area contributed by atoms with Crippen molar-refractivity contribution in [3.8, 4) is 0 Å². The summed E-state index contributed by atoms with van der Waals surface area (Å²) in [6.45, 7) is 2.09. The number of hydrogen-bond donors (Lipinski definition) is 2. The number of benzene rings is 1. The summed E-state index contributed by atoms with van der Waals surface area (Å²) in [7, 11) is 0. The molecule has 2 N–H and O–H groups in total. The second-order valence-electron chi connectivity index (χ2n) is 5.96. The van der Waals surface area contributed by atoms with E-state index >= 15 is 0 Å². The number of H-pyrrole nitrogens is 1. The Morgan fingerprint density at radius 2 is 2.00 bits per heavy atom. The van der Waals surface area contributed by atoms with Crippen LogP contribution in [0.4, 0.5) is 5.69 Å². The molecule has 5 heteroatoms. The van der Waals surface area contributed by atoms with Crippen LogP contribution in [0, 0.1) is 6.92 Å². The molecule has 2 atom stereocenters. The summed E-state index contributed by atoms with van der Waals surface area (Å²) in [5, 5.41) is 4.17. The summed E-state index contributed by atoms with van der Waals surface area (Å²) in [4.78, 5) is 10.1. The maximum atomic E-state index is 5.67. The smallest absolute Gasteiger partial charge is 0.174 e. The minimum atomic E-state index is -0.00198. The van der Waals surface area contributed by atoms with E-state index in [1.54, 1.807) is 0 Å². The van der Waals surface area contributed by atoms with E-state index in [9.17, 15) is 0 Å². The van der Waals surface area contributed by atoms with Gasteiger partial charge >= 0.3 is 0 Å². The predicted octanol–water partition coefficient (Wildman–Crippen LogP) is 3.90. The van der Waals surface area contributed by atoms with Crippen molar-refractivity contribution in [1.29, 1.82) is 0 Å². The number of aromatic nitrogens is 2. The number of aryl methyl sites for hydroxylation is 1. The lowest BCUT2D eigenvalue weighted by Crippen LogP contribution is -2.29. The largest absolute Gasteiger partial charge is 0.363 e. The highest BCUT2D eigenvalue weighted by Crippen LogP contribution is 2.40. The summed E-state index contributed by atoms with van der Waals surface area (Å²) < 4.78 is 0. The van der Waals surface area contributed by atoms with Crippen molar-refractivity contribution < 1.29 is 0 Å². The van der Waals surface area contributed by atoms with Crippen molar-refractivity contribution >= 4 is 23.0 Å². The fourth-order valence-corrected chi connectivity index (χ4v) is 3.60. The molecule has 4 nitrogen and oxygen atoms in total. The molecule has 0 radical (unpaired) electrons. The molecule has 1 aromatic carbocycles. The summed E-state index contributed by atoms with van der Waals surface area (Å²) in [6.07, 6.45) is 3.77. The molecule has 3 heterocycles. The van der Waals surface area contributed by atoms with Crippen LogP contribution in [0.2, 0.25) is 0 Å². The Morgan fingerprint density at radius 1 is 1.08 bits per heavy atom. The lowest BCUT2D eigenvalue weighted by Gasteiger charge is -2.27. The molecule has 120 valence electrons. The first-order chi connectivity index (χ1) is 11.7. The van der Waals surface area contributed by atoms with Gasteiger partial charge < -0.3 is 15.2 Å². The SMILES string of the molecule is Cc1cccc(N2C(=S)N[C@@H](c3ccccn3)[C@@H]2c2ccc[nH]2)c1. The van der Waals surface area contributed by atoms with Gasteiger partial charge in [-0.05, 0) is 61.1 Å². The molecule has 2 aromatic heterocycles. The quantitative estimate of drug-likeness (QED) is 0.713. The lowest BCUT2D eigenvalue weighted by molar-refractivity contribution is 0.558. The highest BCUT2D eigenvalue weighted by atomic mass is 32.1. The maximum absolute atomic E-state index is 5.67. The van der Waals surface area contributed by atoms with Crippen molar-refractivity contribution in [3.63, 3.8) is 0 Å². The predicted molar refractivity (Wildman–Crippen MR) is 99.9 cm³/mol. The van der Waals surface area contributed by atoms with Gasteiger partial charge in [0.05, 0.1) is 11.7 Å². The Bertz CT molecular complexity index is 845. The van der Waals surface area contributed by atoms with Crippen LogP contribution in [-0.4, -0.2) is 15.1 Å². The van der Waals surface area contributed by atoms with Crippen LogP contribution < -0.4 is 10.2 Å². The third kappa shape index (κ3) is 2.57. The molecule has 1 aliphatic rings. The second-order valence-corrected chi connectivity index (χ2v) is 6.35. The number of thiocarbonyl (C=S) groups is 1. The topological polar surface area (TPSA) is 44.0 Å². The molecule has 0 bridgehead atoms. The number of nitrogens with one attached hydrogen (secondary N) is 2. The monoisotopic (exact) mass is 334 g/mol. The van der Waals surface area contributed by atoms with Crippen LogP contribution >= 0.6 is 12.2 Å². The van der Waals surface area contributed by atoms with Gasteiger partial charge in [0.15, 0.2) is 5.11 Å². The molecule has 0 amide bonds. The number of pyridine rings is 1. The van der Waals surface area contributed by atoms with Gasteiger partial charge in [-0.2, -0.15) is 0 Å². The van der Waals surface area contributed by atoms with Gasteiger partial charge in [0.25, 0.3) is 0 Å². The molecule has 1 saturated heterocycles. The lowest BCUT2D eigenvalue weighted by atomic mass is 10.0. The molecule has 24 heavy (non-hydrogen) atoms. The van der Waals surface area contributed by atoms with Gasteiger partial charge in [-0.25, -0.2) is 0 Å². The number of nitrogens with zero attached hydrogens (tertiary/aromatic N) is 2. The van der Waals surface area contributed by atoms with E-state index in [-0.39, 0.29) is 12.1 Å². The van der Waals surface area contributed by atoms with Crippen LogP contribution in [0.3, 0.4) is 0 Å². The van der Waals surface area contributed by atoms with Gasteiger partial charge in [-0.15, -0.1) is 0 Å². The fraction of sp³-hybridized carbons (Fsp3) is 0.158. The number of hydrogen-bond acceptors (Lipinski definition) is 2. The van der Waals surface area contributed by atoms with Gasteiger partial charge in [0, 0.05) is 23.8 Å². The molecular weight excluding hydrogens is 316 g/mol. The van der Waals surface area contributed by atoms with E-state index in [0.717, 1.165) is 22.2 Å². The van der Waals surface area contributed by atoms with Crippen molar-refractivity contribution in [3.05, 3.63) is 83.9 Å². The first-order valence-electron chi connectivity index (χ1n) is 7.94. The average molecular weight is 334 g/mol. The molecule has 4 rings (SSSR count). The molecule has 0 unspecified atom stereocenters. The first kappa shape index (κ1) is 14.9. The second kappa shape index (κ2) is 6.09. The number of aromatic amines is 1. The van der Waals surface area contributed by atoms with Gasteiger partial charge in [-0.1, -0.05) is 18.2 Å². The van der Waals surface area contributed by atoms with E-state index in [0.29, 0.717) is 0 Å². The zero-order chi connectivity index (χ0) is 16.5. The van der Waals surface area contributed by atoms with Crippen molar-refractivity contribution in [1.82, 2.24) is 15.3 Å². The molecule has 0 spiro atoms. The minimum Gasteiger partial charge on any atom is -0.363 e. The Hall–Kier alpha value is -2.66. The Morgan fingerprint density at radius 3 is 2.71 bits per heavy atom. The van der Waals surface area contributed by atoms with Crippen LogP contribution in [0.25, 0.3) is 0 Å². The van der Waals surface area contributed by atoms with Crippen molar-refractivity contribution in [2.75, 3.05) is 4.90 Å². The van der Waals surface area contributed by atoms with Crippen LogP contribution in [-0.2, 0) is 0 Å². The van der Waals surface area contributed by atoms with Crippen LogP contribution in [0.15, 0.2) is 67.0 Å². The fourth-order valence-electron chi connectivity index (χ4n) is 3.26. The average Bonchev–Trinajstić information content (AvgIpc) is 3.23. The van der Waals surface area contributed by atoms with Gasteiger partial charge in [0.1, 0.15) is 6.04 Å². The Labute approximate surface area is 146 Å². The van der Waals surface area contributed by atoms with E-state index in [4.69, 9.17) is 12.2 Å². The van der Waals surface area contributed by atoms with Crippen molar-refractivity contribution in [2.45, 2.75) is 19.0 Å². The summed E-state index contributed by atoms with van der Waals surface area (Å²) in [6, 6.07) is 18.5. The maximum Gasteiger partial charge on any atom is 0.174 e. The molecule has 1 fully saturated rings. The summed E-state index contributed by atoms with van der Waals surface area (Å²) in [5.41, 5.74) is 4.39. The Balaban J connectivity index is 1.82. The summed E-state index contributed by atoms with van der Waals surface area (Å²) >= 11 is 5.67. The molecule has 0 aliphatic carbocycles. The minimum absolute atomic E-state index is 0.00198. The van der Waals surface area contributed by atoms with Crippen LogP contribution in [0.1, 0.15) is 29.0 Å². The number of anilines is 1. The first-order valence-corrected chi connectivity index (χ1v) is 8.35. The van der Waals surface area contributed by atoms with E-state index in [1.165, 1.54) is 5.56 Å². The highest BCUT2D eigenvalue weighted by Gasteiger charge is 2.41. The van der Waals surface area contributed by atoms with Crippen molar-refractivity contribution in [2.24, 2.45) is 0 Å². The molecule has 0 saturated carbocycles. The molecule has 1 aliphatic heterocycles. The van der Waals surface area contributed by atoms with Crippen LogP contribution in [0.5, 0.6) is 0 Å². The molecule has 3 aromatic rings. The number of rotatable bonds is 3. The highest BCUT2D eigenvalue weighted by molar-refractivity contribution is 7.80. The third-order valence-corrected chi connectivity index (χ3v) is 4.63. The normalized spacial score (nSPS) is 20.2. The third-order valence-electron chi connectivity index (χ3n) is 4.32. The zero-order valence-corrected chi connectivity index (χ0v) is 14.1. The van der Waals surface area contributed by atoms with E-state index in [1.807, 2.05) is 36.7 Å². The molecular formula is C19H18N4S. The van der Waals surface area contributed by atoms with Gasteiger partial charge in [0.2, 0.25) is 0 Å². The Kier molecular flexibility index (Phi) is 3.78. The standard InChI is InChI=1S/C19H18N4S/c1-13-6-4-7-14(12-13)23-18(16-9-5-11-21-16)17(22-19(23)24)15-8-2-3-10-20-15/h2-12,17-18,21H,1H3,(H,22,24)/t17-,18-/m0/s1. The zero-order valence-electron chi connectivity index (χ0n) is 13.3. The summed E-state index contributed by atoms with van der Waals surface area (Å²) in [5.74, 6) is 0.